The van der Waals surface area contributed by atoms with E-state index in [1.807, 2.05) is 12.1 Å². The molecule has 0 unspecified atom stereocenters. The number of aromatic nitrogens is 3. The normalized spacial score (nSPS) is 9.20. The molecule has 0 aromatic carbocycles. The Balaban J connectivity index is 0.000000500. The van der Waals surface area contributed by atoms with Crippen molar-refractivity contribution in [1.82, 2.24) is 15.2 Å². The van der Waals surface area contributed by atoms with Gasteiger partial charge in [0.25, 0.3) is 0 Å². The fourth-order valence-electron chi connectivity index (χ4n) is 0.778. The number of fused-ring (bicyclic) bond motifs is 1. The minimum absolute atomic E-state index is 0. The molecule has 2 heterocycles. The molecule has 3 nitrogen and oxygen atoms in total. The maximum absolute atomic E-state index is 4.02. The summed E-state index contributed by atoms with van der Waals surface area (Å²) in [5, 5.41) is 7.63. The molecule has 1 N–H and O–H groups in total. The maximum atomic E-state index is 4.02. The highest BCUT2D eigenvalue weighted by atomic mass is 35.5. The Kier molecular flexibility index (Phi) is 1.87. The minimum atomic E-state index is 0. The van der Waals surface area contributed by atoms with Crippen LogP contribution in [0.25, 0.3) is 11.0 Å². The highest BCUT2D eigenvalue weighted by Crippen LogP contribution is 2.03. The van der Waals surface area contributed by atoms with Gasteiger partial charge in [0.1, 0.15) is 0 Å². The van der Waals surface area contributed by atoms with Crippen LogP contribution in [0.4, 0.5) is 0 Å². The van der Waals surface area contributed by atoms with Crippen molar-refractivity contribution in [3.8, 4) is 0 Å². The Morgan fingerprint density at radius 2 is 2.30 bits per heavy atom. The molecule has 4 heteroatoms. The van der Waals surface area contributed by atoms with Gasteiger partial charge in [0.2, 0.25) is 0 Å². The summed E-state index contributed by atoms with van der Waals surface area (Å²) in [5.74, 6) is 0. The zero-order chi connectivity index (χ0) is 6.10. The van der Waals surface area contributed by atoms with Crippen molar-refractivity contribution in [3.05, 3.63) is 24.5 Å². The summed E-state index contributed by atoms with van der Waals surface area (Å²) >= 11 is 0. The Morgan fingerprint density at radius 1 is 1.40 bits per heavy atom. The lowest BCUT2D eigenvalue weighted by atomic mass is 10.4. The molecule has 0 aliphatic carbocycles. The van der Waals surface area contributed by atoms with Gasteiger partial charge in [-0.25, -0.2) is 4.98 Å². The minimum Gasteiger partial charge on any atom is -0.261 e. The SMILES string of the molecule is Cl.c1cnc2[nH]ncc2c1. The predicted octanol–water partition coefficient (Wildman–Crippen LogP) is 1.38. The Morgan fingerprint density at radius 3 is 3.10 bits per heavy atom. The topological polar surface area (TPSA) is 41.6 Å². The summed E-state index contributed by atoms with van der Waals surface area (Å²) in [6.07, 6.45) is 3.49. The molecular weight excluding hydrogens is 150 g/mol. The monoisotopic (exact) mass is 155 g/mol. The van der Waals surface area contributed by atoms with E-state index in [9.17, 15) is 0 Å². The average molecular weight is 156 g/mol. The van der Waals surface area contributed by atoms with Gasteiger partial charge in [0, 0.05) is 11.6 Å². The smallest absolute Gasteiger partial charge is 0.155 e. The maximum Gasteiger partial charge on any atom is 0.155 e. The van der Waals surface area contributed by atoms with Crippen LogP contribution < -0.4 is 0 Å². The van der Waals surface area contributed by atoms with Crippen LogP contribution in [-0.2, 0) is 0 Å². The average Bonchev–Trinajstić information content (AvgIpc) is 2.33. The summed E-state index contributed by atoms with van der Waals surface area (Å²) in [6.45, 7) is 0. The number of hydrogen-bond acceptors (Lipinski definition) is 2. The number of rotatable bonds is 0. The zero-order valence-electron chi connectivity index (χ0n) is 5.11. The van der Waals surface area contributed by atoms with E-state index in [0.29, 0.717) is 0 Å². The van der Waals surface area contributed by atoms with Crippen LogP contribution in [0.15, 0.2) is 24.5 Å². The summed E-state index contributed by atoms with van der Waals surface area (Å²) in [5.41, 5.74) is 0.845. The standard InChI is InChI=1S/C6H5N3.ClH/c1-2-5-4-8-9-6(5)7-3-1;/h1-4H,(H,7,8,9);1H. The van der Waals surface area contributed by atoms with E-state index < -0.39 is 0 Å². The number of nitrogens with one attached hydrogen (secondary N) is 1. The van der Waals surface area contributed by atoms with Crippen molar-refractivity contribution in [1.29, 1.82) is 0 Å². The first-order chi connectivity index (χ1) is 4.47. The Bertz CT molecular complexity index is 287. The zero-order valence-corrected chi connectivity index (χ0v) is 5.93. The van der Waals surface area contributed by atoms with Crippen LogP contribution in [-0.4, -0.2) is 15.2 Å². The Hall–Kier alpha value is -1.09. The summed E-state index contributed by atoms with van der Waals surface area (Å²) in [6, 6.07) is 3.85. The molecule has 2 rings (SSSR count). The van der Waals surface area contributed by atoms with E-state index in [1.165, 1.54) is 0 Å². The van der Waals surface area contributed by atoms with Crippen LogP contribution in [0, 0.1) is 0 Å². The van der Waals surface area contributed by atoms with E-state index in [2.05, 4.69) is 15.2 Å². The van der Waals surface area contributed by atoms with Gasteiger partial charge in [0.15, 0.2) is 5.65 Å². The predicted molar refractivity (Wildman–Crippen MR) is 41.1 cm³/mol. The highest BCUT2D eigenvalue weighted by Gasteiger charge is 1.89. The summed E-state index contributed by atoms with van der Waals surface area (Å²) in [7, 11) is 0. The highest BCUT2D eigenvalue weighted by molar-refractivity contribution is 5.85. The van der Waals surface area contributed by atoms with Crippen molar-refractivity contribution in [2.45, 2.75) is 0 Å². The van der Waals surface area contributed by atoms with Crippen molar-refractivity contribution >= 4 is 23.4 Å². The van der Waals surface area contributed by atoms with Gasteiger partial charge in [-0.05, 0) is 12.1 Å². The lowest BCUT2D eigenvalue weighted by Crippen LogP contribution is -1.71. The number of nitrogens with zero attached hydrogens (tertiary/aromatic N) is 2. The third-order valence-corrected chi connectivity index (χ3v) is 1.21. The fourth-order valence-corrected chi connectivity index (χ4v) is 0.778. The van der Waals surface area contributed by atoms with Crippen molar-refractivity contribution in [2.24, 2.45) is 0 Å². The Labute approximate surface area is 63.9 Å². The second-order valence-electron chi connectivity index (χ2n) is 1.81. The summed E-state index contributed by atoms with van der Waals surface area (Å²) < 4.78 is 0. The van der Waals surface area contributed by atoms with Gasteiger partial charge in [-0.3, -0.25) is 5.10 Å². The first kappa shape index (κ1) is 7.02. The van der Waals surface area contributed by atoms with Gasteiger partial charge in [-0.2, -0.15) is 5.10 Å². The molecule has 0 saturated carbocycles. The lowest BCUT2D eigenvalue weighted by Gasteiger charge is -1.80. The van der Waals surface area contributed by atoms with Crippen LogP contribution in [0.1, 0.15) is 0 Å². The molecule has 2 aromatic heterocycles. The van der Waals surface area contributed by atoms with Gasteiger partial charge in [0.05, 0.1) is 6.20 Å². The van der Waals surface area contributed by atoms with Crippen molar-refractivity contribution in [3.63, 3.8) is 0 Å². The molecule has 0 amide bonds. The number of pyridine rings is 1. The van der Waals surface area contributed by atoms with Gasteiger partial charge >= 0.3 is 0 Å². The van der Waals surface area contributed by atoms with Crippen LogP contribution in [0.3, 0.4) is 0 Å². The number of halogens is 1. The second-order valence-corrected chi connectivity index (χ2v) is 1.81. The summed E-state index contributed by atoms with van der Waals surface area (Å²) in [4.78, 5) is 4.02. The molecule has 10 heavy (non-hydrogen) atoms. The first-order valence-corrected chi connectivity index (χ1v) is 2.71. The van der Waals surface area contributed by atoms with Crippen LogP contribution in [0.2, 0.25) is 0 Å². The lowest BCUT2D eigenvalue weighted by molar-refractivity contribution is 1.10. The third-order valence-electron chi connectivity index (χ3n) is 1.21. The second kappa shape index (κ2) is 2.66. The number of H-pyrrole nitrogens is 1. The van der Waals surface area contributed by atoms with Crippen molar-refractivity contribution < 1.29 is 0 Å². The molecule has 0 aliphatic heterocycles. The van der Waals surface area contributed by atoms with E-state index in [4.69, 9.17) is 0 Å². The first-order valence-electron chi connectivity index (χ1n) is 2.71. The molecule has 0 fully saturated rings. The van der Waals surface area contributed by atoms with Crippen LogP contribution in [0.5, 0.6) is 0 Å². The molecule has 0 bridgehead atoms. The molecule has 0 atom stereocenters. The molecule has 0 radical (unpaired) electrons. The third kappa shape index (κ3) is 0.953. The molecule has 0 spiro atoms. The molecular formula is C6H6ClN3. The van der Waals surface area contributed by atoms with Gasteiger partial charge in [-0.15, -0.1) is 12.4 Å². The van der Waals surface area contributed by atoms with Gasteiger partial charge < -0.3 is 0 Å². The van der Waals surface area contributed by atoms with Crippen LogP contribution >= 0.6 is 12.4 Å². The van der Waals surface area contributed by atoms with Crippen molar-refractivity contribution in [2.75, 3.05) is 0 Å². The van der Waals surface area contributed by atoms with E-state index in [1.54, 1.807) is 12.4 Å². The van der Waals surface area contributed by atoms with E-state index in [0.717, 1.165) is 11.0 Å². The molecule has 0 aliphatic rings. The number of aromatic amines is 1. The fraction of sp³-hybridized carbons (Fsp3) is 0. The quantitative estimate of drug-likeness (QED) is 0.625. The molecule has 0 saturated heterocycles. The number of hydrogen-bond donors (Lipinski definition) is 1. The molecule has 52 valence electrons. The van der Waals surface area contributed by atoms with Gasteiger partial charge in [-0.1, -0.05) is 0 Å². The van der Waals surface area contributed by atoms with E-state index in [-0.39, 0.29) is 12.4 Å². The molecule has 2 aromatic rings. The largest absolute Gasteiger partial charge is 0.261 e. The van der Waals surface area contributed by atoms with E-state index >= 15 is 0 Å².